The van der Waals surface area contributed by atoms with Gasteiger partial charge in [-0.1, -0.05) is 12.1 Å². The van der Waals surface area contributed by atoms with Gasteiger partial charge in [0.05, 0.1) is 11.6 Å². The summed E-state index contributed by atoms with van der Waals surface area (Å²) in [6.07, 6.45) is 3.96. The highest BCUT2D eigenvalue weighted by Crippen LogP contribution is 2.29. The maximum atomic E-state index is 12.1. The average Bonchev–Trinajstić information content (AvgIpc) is 3.14. The maximum Gasteiger partial charge on any atom is 0.407 e. The van der Waals surface area contributed by atoms with Crippen molar-refractivity contribution < 1.29 is 9.53 Å². The molecule has 1 saturated heterocycles. The van der Waals surface area contributed by atoms with E-state index >= 15 is 0 Å². The second-order valence-electron chi connectivity index (χ2n) is 8.21. The highest BCUT2D eigenvalue weighted by atomic mass is 16.6. The SMILES string of the molecule is CC(C)(C)OC(=O)NC1CCN(c2nc(-c3cccnc3)nc3ccccc23)C1. The molecule has 0 bridgehead atoms. The molecule has 2 aromatic heterocycles. The lowest BCUT2D eigenvalue weighted by molar-refractivity contribution is 0.0509. The summed E-state index contributed by atoms with van der Waals surface area (Å²) in [4.78, 5) is 28.1. The van der Waals surface area contributed by atoms with Crippen LogP contribution in [-0.2, 0) is 4.74 Å². The Bertz CT molecular complexity index is 1020. The van der Waals surface area contributed by atoms with Crippen molar-refractivity contribution in [1.29, 1.82) is 0 Å². The van der Waals surface area contributed by atoms with Gasteiger partial charge in [-0.3, -0.25) is 4.98 Å². The summed E-state index contributed by atoms with van der Waals surface area (Å²) in [7, 11) is 0. The fourth-order valence-corrected chi connectivity index (χ4v) is 3.47. The number of carbonyl (C=O) groups excluding carboxylic acids is 1. The van der Waals surface area contributed by atoms with Gasteiger partial charge >= 0.3 is 6.09 Å². The van der Waals surface area contributed by atoms with Crippen LogP contribution in [0.15, 0.2) is 48.8 Å². The van der Waals surface area contributed by atoms with E-state index in [1.165, 1.54) is 0 Å². The minimum atomic E-state index is -0.510. The molecule has 1 fully saturated rings. The van der Waals surface area contributed by atoms with Crippen molar-refractivity contribution in [3.8, 4) is 11.4 Å². The molecule has 1 atom stereocenters. The topological polar surface area (TPSA) is 80.2 Å². The molecule has 0 aliphatic carbocycles. The van der Waals surface area contributed by atoms with Crippen LogP contribution in [0.1, 0.15) is 27.2 Å². The quantitative estimate of drug-likeness (QED) is 0.732. The fraction of sp³-hybridized carbons (Fsp3) is 0.364. The van der Waals surface area contributed by atoms with Crippen molar-refractivity contribution in [3.05, 3.63) is 48.8 Å². The summed E-state index contributed by atoms with van der Waals surface area (Å²) < 4.78 is 5.39. The normalized spacial score (nSPS) is 16.8. The molecule has 0 saturated carbocycles. The second-order valence-corrected chi connectivity index (χ2v) is 8.21. The Morgan fingerprint density at radius 2 is 2.00 bits per heavy atom. The van der Waals surface area contributed by atoms with E-state index in [-0.39, 0.29) is 12.1 Å². The number of para-hydroxylation sites is 1. The standard InChI is InChI=1S/C22H25N5O2/c1-22(2,3)29-21(28)24-16-10-12-27(14-16)20-17-8-4-5-9-18(17)25-19(26-20)15-7-6-11-23-13-15/h4-9,11,13,16H,10,12,14H2,1-3H3,(H,24,28). The molecule has 7 nitrogen and oxygen atoms in total. The summed E-state index contributed by atoms with van der Waals surface area (Å²) >= 11 is 0. The van der Waals surface area contributed by atoms with E-state index in [1.807, 2.05) is 57.2 Å². The first-order chi connectivity index (χ1) is 13.9. The van der Waals surface area contributed by atoms with Gasteiger partial charge in [0.15, 0.2) is 5.82 Å². The summed E-state index contributed by atoms with van der Waals surface area (Å²) in [6.45, 7) is 7.06. The Balaban J connectivity index is 1.60. The zero-order valence-electron chi connectivity index (χ0n) is 16.9. The number of hydrogen-bond acceptors (Lipinski definition) is 6. The number of pyridine rings is 1. The minimum Gasteiger partial charge on any atom is -0.444 e. The number of anilines is 1. The number of carbonyl (C=O) groups is 1. The van der Waals surface area contributed by atoms with Crippen LogP contribution in [0.4, 0.5) is 10.6 Å². The van der Waals surface area contributed by atoms with Gasteiger partial charge < -0.3 is 15.0 Å². The molecular weight excluding hydrogens is 366 g/mol. The predicted molar refractivity (Wildman–Crippen MR) is 113 cm³/mol. The van der Waals surface area contributed by atoms with E-state index in [9.17, 15) is 4.79 Å². The smallest absolute Gasteiger partial charge is 0.407 e. The van der Waals surface area contributed by atoms with Crippen molar-refractivity contribution in [2.45, 2.75) is 38.8 Å². The first-order valence-electron chi connectivity index (χ1n) is 9.81. The summed E-state index contributed by atoms with van der Waals surface area (Å²) in [6, 6.07) is 11.8. The predicted octanol–water partition coefficient (Wildman–Crippen LogP) is 3.80. The molecule has 1 aliphatic rings. The third kappa shape index (κ3) is 4.45. The van der Waals surface area contributed by atoms with Gasteiger partial charge in [-0.15, -0.1) is 0 Å². The zero-order chi connectivity index (χ0) is 20.4. The number of amides is 1. The highest BCUT2D eigenvalue weighted by molar-refractivity contribution is 5.91. The first kappa shape index (κ1) is 19.1. The molecule has 1 N–H and O–H groups in total. The lowest BCUT2D eigenvalue weighted by atomic mass is 10.2. The average molecular weight is 391 g/mol. The number of hydrogen-bond donors (Lipinski definition) is 1. The van der Waals surface area contributed by atoms with Crippen LogP contribution in [0.25, 0.3) is 22.3 Å². The maximum absolute atomic E-state index is 12.1. The van der Waals surface area contributed by atoms with Crippen molar-refractivity contribution >= 4 is 22.8 Å². The lowest BCUT2D eigenvalue weighted by Crippen LogP contribution is -2.40. The summed E-state index contributed by atoms with van der Waals surface area (Å²) in [5, 5.41) is 3.97. The van der Waals surface area contributed by atoms with Crippen LogP contribution >= 0.6 is 0 Å². The van der Waals surface area contributed by atoms with Gasteiger partial charge in [0, 0.05) is 36.4 Å². The first-order valence-corrected chi connectivity index (χ1v) is 9.81. The monoisotopic (exact) mass is 391 g/mol. The number of nitrogens with zero attached hydrogens (tertiary/aromatic N) is 4. The van der Waals surface area contributed by atoms with Crippen LogP contribution in [0.2, 0.25) is 0 Å². The molecule has 29 heavy (non-hydrogen) atoms. The largest absolute Gasteiger partial charge is 0.444 e. The Morgan fingerprint density at radius 3 is 2.76 bits per heavy atom. The summed E-state index contributed by atoms with van der Waals surface area (Å²) in [5.41, 5.74) is 1.26. The Labute approximate surface area is 170 Å². The number of nitrogens with one attached hydrogen (secondary N) is 1. The van der Waals surface area contributed by atoms with Crippen LogP contribution in [-0.4, -0.2) is 45.8 Å². The molecule has 3 aromatic rings. The van der Waals surface area contributed by atoms with Gasteiger partial charge in [0.1, 0.15) is 11.4 Å². The van der Waals surface area contributed by atoms with E-state index in [1.54, 1.807) is 12.4 Å². The van der Waals surface area contributed by atoms with Gasteiger partial charge in [0.2, 0.25) is 0 Å². The van der Waals surface area contributed by atoms with Crippen LogP contribution < -0.4 is 10.2 Å². The van der Waals surface area contributed by atoms with Crippen LogP contribution in [0, 0.1) is 0 Å². The Hall–Kier alpha value is -3.22. The molecular formula is C22H25N5O2. The third-order valence-electron chi connectivity index (χ3n) is 4.71. The molecule has 1 aromatic carbocycles. The third-order valence-corrected chi connectivity index (χ3v) is 4.71. The Kier molecular flexibility index (Phi) is 5.05. The van der Waals surface area contributed by atoms with Gasteiger partial charge in [-0.2, -0.15) is 0 Å². The molecule has 7 heteroatoms. The lowest BCUT2D eigenvalue weighted by Gasteiger charge is -2.23. The van der Waals surface area contributed by atoms with Gasteiger partial charge in [-0.25, -0.2) is 14.8 Å². The molecule has 1 aliphatic heterocycles. The molecule has 1 unspecified atom stereocenters. The second kappa shape index (κ2) is 7.66. The molecule has 150 valence electrons. The van der Waals surface area contributed by atoms with Crippen LogP contribution in [0.3, 0.4) is 0 Å². The summed E-state index contributed by atoms with van der Waals surface area (Å²) in [5.74, 6) is 1.53. The number of aromatic nitrogens is 3. The van der Waals surface area contributed by atoms with Crippen molar-refractivity contribution in [1.82, 2.24) is 20.3 Å². The molecule has 4 rings (SSSR count). The van der Waals surface area contributed by atoms with Gasteiger partial charge in [-0.05, 0) is 51.5 Å². The van der Waals surface area contributed by atoms with Crippen LogP contribution in [0.5, 0.6) is 0 Å². The van der Waals surface area contributed by atoms with E-state index in [0.29, 0.717) is 12.4 Å². The zero-order valence-corrected chi connectivity index (χ0v) is 16.9. The molecule has 0 spiro atoms. The van der Waals surface area contributed by atoms with E-state index in [0.717, 1.165) is 35.2 Å². The van der Waals surface area contributed by atoms with E-state index in [4.69, 9.17) is 14.7 Å². The van der Waals surface area contributed by atoms with Crippen molar-refractivity contribution in [2.24, 2.45) is 0 Å². The van der Waals surface area contributed by atoms with E-state index in [2.05, 4.69) is 15.2 Å². The molecule has 0 radical (unpaired) electrons. The molecule has 3 heterocycles. The van der Waals surface area contributed by atoms with Crippen molar-refractivity contribution in [3.63, 3.8) is 0 Å². The molecule has 1 amide bonds. The number of ether oxygens (including phenoxy) is 1. The number of benzene rings is 1. The minimum absolute atomic E-state index is 0.0143. The number of alkyl carbamates (subject to hydrolysis) is 1. The number of rotatable bonds is 3. The van der Waals surface area contributed by atoms with Gasteiger partial charge in [0.25, 0.3) is 0 Å². The fourth-order valence-electron chi connectivity index (χ4n) is 3.47. The highest BCUT2D eigenvalue weighted by Gasteiger charge is 2.28. The Morgan fingerprint density at radius 1 is 1.17 bits per heavy atom. The number of fused-ring (bicyclic) bond motifs is 1. The van der Waals surface area contributed by atoms with E-state index < -0.39 is 5.60 Å². The van der Waals surface area contributed by atoms with Crippen molar-refractivity contribution in [2.75, 3.05) is 18.0 Å².